The summed E-state index contributed by atoms with van der Waals surface area (Å²) in [4.78, 5) is 13.4. The van der Waals surface area contributed by atoms with Gasteiger partial charge in [-0.05, 0) is 38.8 Å². The first-order chi connectivity index (χ1) is 20.2. The maximum absolute atomic E-state index is 14.4. The van der Waals surface area contributed by atoms with Gasteiger partial charge in [-0.25, -0.2) is 19.3 Å². The minimum absolute atomic E-state index is 0.0287. The van der Waals surface area contributed by atoms with Crippen LogP contribution in [-0.4, -0.2) is 58.3 Å². The summed E-state index contributed by atoms with van der Waals surface area (Å²) in [5.41, 5.74) is 9.44. The second-order valence-corrected chi connectivity index (χ2v) is 10.3. The van der Waals surface area contributed by atoms with E-state index in [1.165, 1.54) is 6.92 Å². The molecule has 11 nitrogen and oxygen atoms in total. The molecule has 1 aliphatic heterocycles. The van der Waals surface area contributed by atoms with Gasteiger partial charge in [-0.2, -0.15) is 5.10 Å². The number of nitrogens with one attached hydrogen (secondary N) is 1. The van der Waals surface area contributed by atoms with Crippen LogP contribution in [-0.2, 0) is 11.2 Å². The van der Waals surface area contributed by atoms with E-state index in [0.717, 1.165) is 29.7 Å². The van der Waals surface area contributed by atoms with E-state index in [2.05, 4.69) is 25.4 Å². The first-order valence-electron chi connectivity index (χ1n) is 13.8. The highest BCUT2D eigenvalue weighted by atomic mass is 19.1. The predicted octanol–water partition coefficient (Wildman–Crippen LogP) is 5.45. The molecule has 0 amide bonds. The zero-order chi connectivity index (χ0) is 29.8. The topological polar surface area (TPSA) is 131 Å². The third kappa shape index (κ3) is 6.38. The molecule has 1 fully saturated rings. The van der Waals surface area contributed by atoms with Crippen LogP contribution < -0.4 is 25.3 Å². The number of aromatic nitrogens is 5. The Balaban J connectivity index is 1.51. The molecule has 12 heteroatoms. The van der Waals surface area contributed by atoms with Crippen molar-refractivity contribution in [2.24, 2.45) is 0 Å². The molecule has 0 spiro atoms. The van der Waals surface area contributed by atoms with Crippen molar-refractivity contribution < 1.29 is 23.3 Å². The van der Waals surface area contributed by atoms with E-state index in [4.69, 9.17) is 24.7 Å². The smallest absolute Gasteiger partial charge is 0.166 e. The average Bonchev–Trinajstić information content (AvgIpc) is 3.67. The van der Waals surface area contributed by atoms with Crippen LogP contribution >= 0.6 is 0 Å². The molecule has 1 aromatic carbocycles. The molecular formula is C30H36FN7O4. The molecular weight excluding hydrogens is 541 g/mol. The number of methoxy groups -OCH3 is 2. The Hall–Kier alpha value is -4.45. The van der Waals surface area contributed by atoms with E-state index in [-0.39, 0.29) is 23.8 Å². The van der Waals surface area contributed by atoms with Crippen molar-refractivity contribution in [3.8, 4) is 28.4 Å². The Labute approximate surface area is 244 Å². The van der Waals surface area contributed by atoms with Crippen LogP contribution in [0, 0.1) is 0 Å². The molecule has 0 unspecified atom stereocenters. The van der Waals surface area contributed by atoms with Gasteiger partial charge >= 0.3 is 0 Å². The van der Waals surface area contributed by atoms with E-state index >= 15 is 0 Å². The second-order valence-electron chi connectivity index (χ2n) is 10.3. The quantitative estimate of drug-likeness (QED) is 0.237. The van der Waals surface area contributed by atoms with Gasteiger partial charge in [0.2, 0.25) is 0 Å². The fourth-order valence-corrected chi connectivity index (χ4v) is 4.77. The summed E-state index contributed by atoms with van der Waals surface area (Å²) in [5.74, 6) is 2.80. The fourth-order valence-electron chi connectivity index (χ4n) is 4.77. The van der Waals surface area contributed by atoms with Gasteiger partial charge in [-0.15, -0.1) is 0 Å². The normalized spacial score (nSPS) is 15.5. The first-order valence-corrected chi connectivity index (χ1v) is 13.8. The van der Waals surface area contributed by atoms with Crippen LogP contribution in [0.4, 0.5) is 21.8 Å². The third-order valence-corrected chi connectivity index (χ3v) is 6.94. The Morgan fingerprint density at radius 1 is 1.12 bits per heavy atom. The molecule has 0 aliphatic carbocycles. The predicted molar refractivity (Wildman–Crippen MR) is 157 cm³/mol. The molecule has 5 rings (SSSR count). The summed E-state index contributed by atoms with van der Waals surface area (Å²) in [6, 6.07) is 7.50. The van der Waals surface area contributed by atoms with Gasteiger partial charge in [0.05, 0.1) is 39.2 Å². The maximum Gasteiger partial charge on any atom is 0.166 e. The fraction of sp³-hybridized carbons (Fsp3) is 0.400. The summed E-state index contributed by atoms with van der Waals surface area (Å²) >= 11 is 0. The summed E-state index contributed by atoms with van der Waals surface area (Å²) < 4.78 is 38.9. The lowest BCUT2D eigenvalue weighted by Crippen LogP contribution is -2.12. The number of halogens is 1. The number of hydrogen-bond donors (Lipinski definition) is 2. The zero-order valence-electron chi connectivity index (χ0n) is 24.4. The van der Waals surface area contributed by atoms with Crippen molar-refractivity contribution in [3.05, 3.63) is 59.8 Å². The summed E-state index contributed by atoms with van der Waals surface area (Å²) in [5, 5.41) is 7.79. The molecule has 4 aromatic rings. The monoisotopic (exact) mass is 577 g/mol. The molecule has 222 valence electrons. The highest BCUT2D eigenvalue weighted by Crippen LogP contribution is 2.36. The van der Waals surface area contributed by atoms with Gasteiger partial charge in [-0.3, -0.25) is 4.68 Å². The van der Waals surface area contributed by atoms with Gasteiger partial charge < -0.3 is 30.0 Å². The highest BCUT2D eigenvalue weighted by Gasteiger charge is 2.22. The average molecular weight is 578 g/mol. The number of pyridine rings is 1. The second kappa shape index (κ2) is 12.6. The third-order valence-electron chi connectivity index (χ3n) is 6.94. The first kappa shape index (κ1) is 29.1. The van der Waals surface area contributed by atoms with Gasteiger partial charge in [0.25, 0.3) is 0 Å². The van der Waals surface area contributed by atoms with Crippen molar-refractivity contribution >= 4 is 17.5 Å². The van der Waals surface area contributed by atoms with Crippen LogP contribution in [0.3, 0.4) is 0 Å². The number of nitrogen functional groups attached to an aromatic ring is 1. The molecule has 0 saturated carbocycles. The van der Waals surface area contributed by atoms with E-state index in [1.807, 2.05) is 36.9 Å². The van der Waals surface area contributed by atoms with Gasteiger partial charge in [0.1, 0.15) is 34.7 Å². The van der Waals surface area contributed by atoms with Gasteiger partial charge in [-0.1, -0.05) is 6.07 Å². The molecule has 4 heterocycles. The Kier molecular flexibility index (Phi) is 8.72. The summed E-state index contributed by atoms with van der Waals surface area (Å²) in [6.45, 7) is 6.65. The summed E-state index contributed by atoms with van der Waals surface area (Å²) in [7, 11) is 3.17. The lowest BCUT2D eigenvalue weighted by atomic mass is 10.0. The molecule has 3 N–H and O–H groups in total. The van der Waals surface area contributed by atoms with Crippen molar-refractivity contribution in [1.82, 2.24) is 24.7 Å². The van der Waals surface area contributed by atoms with Crippen LogP contribution in [0.2, 0.25) is 0 Å². The van der Waals surface area contributed by atoms with Crippen molar-refractivity contribution in [1.29, 1.82) is 0 Å². The molecule has 0 bridgehead atoms. The Morgan fingerprint density at radius 2 is 1.95 bits per heavy atom. The molecule has 3 aromatic heterocycles. The molecule has 1 aliphatic rings. The van der Waals surface area contributed by atoms with Gasteiger partial charge in [0, 0.05) is 54.2 Å². The lowest BCUT2D eigenvalue weighted by Gasteiger charge is -2.18. The van der Waals surface area contributed by atoms with E-state index in [0.29, 0.717) is 47.5 Å². The molecule has 1 saturated heterocycles. The largest absolute Gasteiger partial charge is 0.497 e. The number of hydrogen-bond acceptors (Lipinski definition) is 10. The number of benzene rings is 1. The standard InChI is InChI=1S/C30H36FN7O4/c1-17(2)42-26-12-27(33-14-24(26)20-13-34-38(15-20)21-8-9-41-16-21)35-30-23(28(32)36-29(37-30)18(3)31)10-19-6-7-22(39-4)11-25(19)40-5/h6-7,11-15,17-18,21H,8-10,16H2,1-5H3,(H3,32,33,35,36,37)/t18-,21+/m0/s1. The summed E-state index contributed by atoms with van der Waals surface area (Å²) in [6.07, 6.45) is 5.23. The Morgan fingerprint density at radius 3 is 2.64 bits per heavy atom. The minimum atomic E-state index is -1.42. The van der Waals surface area contributed by atoms with Crippen molar-refractivity contribution in [2.75, 3.05) is 38.5 Å². The van der Waals surface area contributed by atoms with Crippen molar-refractivity contribution in [2.45, 2.75) is 51.9 Å². The number of rotatable bonds is 11. The van der Waals surface area contributed by atoms with E-state index < -0.39 is 6.17 Å². The van der Waals surface area contributed by atoms with E-state index in [1.54, 1.807) is 38.7 Å². The van der Waals surface area contributed by atoms with Crippen LogP contribution in [0.15, 0.2) is 42.9 Å². The van der Waals surface area contributed by atoms with Crippen LogP contribution in [0.1, 0.15) is 56.4 Å². The van der Waals surface area contributed by atoms with Crippen LogP contribution in [0.5, 0.6) is 17.2 Å². The number of alkyl halides is 1. The number of nitrogens with two attached hydrogens (primary N) is 1. The number of ether oxygens (including phenoxy) is 4. The molecule has 2 atom stereocenters. The maximum atomic E-state index is 14.4. The molecule has 42 heavy (non-hydrogen) atoms. The molecule has 0 radical (unpaired) electrons. The van der Waals surface area contributed by atoms with Crippen LogP contribution in [0.25, 0.3) is 11.1 Å². The number of anilines is 3. The number of nitrogens with zero attached hydrogens (tertiary/aromatic N) is 5. The van der Waals surface area contributed by atoms with Gasteiger partial charge in [0.15, 0.2) is 12.0 Å². The highest BCUT2D eigenvalue weighted by molar-refractivity contribution is 5.72. The Bertz CT molecular complexity index is 1540. The van der Waals surface area contributed by atoms with Crippen molar-refractivity contribution in [3.63, 3.8) is 0 Å². The SMILES string of the molecule is COc1ccc(Cc2c(N)nc([C@H](C)F)nc2Nc2cc(OC(C)C)c(-c3cnn([C@@H]4CCOC4)c3)cn2)c(OC)c1. The van der Waals surface area contributed by atoms with E-state index in [9.17, 15) is 4.39 Å². The zero-order valence-corrected chi connectivity index (χ0v) is 24.4. The lowest BCUT2D eigenvalue weighted by molar-refractivity contribution is 0.184. The minimum Gasteiger partial charge on any atom is -0.497 e.